The maximum absolute atomic E-state index is 9.50. The molecule has 2 heteroatoms. The summed E-state index contributed by atoms with van der Waals surface area (Å²) in [6.07, 6.45) is 6.56. The molecule has 0 rings (SSSR count). The average Bonchev–Trinajstić information content (AvgIpc) is 2.08. The van der Waals surface area contributed by atoms with Crippen molar-refractivity contribution in [2.45, 2.75) is 32.6 Å². The van der Waals surface area contributed by atoms with Gasteiger partial charge in [-0.1, -0.05) is 32.8 Å². The van der Waals surface area contributed by atoms with E-state index in [1.165, 1.54) is 31.9 Å². The van der Waals surface area contributed by atoms with Gasteiger partial charge in [0.05, 0.1) is 20.0 Å². The van der Waals surface area contributed by atoms with Gasteiger partial charge in [-0.25, -0.2) is 0 Å². The zero-order valence-electron chi connectivity index (χ0n) is 7.61. The van der Waals surface area contributed by atoms with E-state index in [1.807, 2.05) is 0 Å². The molecule has 0 aliphatic carbocycles. The highest BCUT2D eigenvalue weighted by atomic mass is 19.1. The summed E-state index contributed by atoms with van der Waals surface area (Å²) >= 11 is 0. The normalized spacial score (nSPS) is 7.91. The molecule has 0 unspecified atom stereocenters. The number of rotatable bonds is 6. The summed E-state index contributed by atoms with van der Waals surface area (Å²) in [5.41, 5.74) is 0. The van der Waals surface area contributed by atoms with Crippen LogP contribution >= 0.6 is 0 Å². The highest BCUT2D eigenvalue weighted by molar-refractivity contribution is 4.48. The van der Waals surface area contributed by atoms with Crippen molar-refractivity contribution >= 4 is 0 Å². The van der Waals surface area contributed by atoms with E-state index < -0.39 is 0 Å². The Morgan fingerprint density at radius 2 is 1.91 bits per heavy atom. The maximum Gasteiger partial charge on any atom is 0.0873 e. The van der Waals surface area contributed by atoms with Gasteiger partial charge in [0, 0.05) is 0 Å². The molecule has 0 fully saturated rings. The van der Waals surface area contributed by atoms with Gasteiger partial charge in [0.15, 0.2) is 0 Å². The van der Waals surface area contributed by atoms with Crippen molar-refractivity contribution in [2.24, 2.45) is 0 Å². The predicted molar refractivity (Wildman–Crippen MR) is 47.3 cm³/mol. The molecule has 0 saturated heterocycles. The lowest BCUT2D eigenvalue weighted by Crippen LogP contribution is -1.86. The van der Waals surface area contributed by atoms with E-state index >= 15 is 0 Å². The Morgan fingerprint density at radius 1 is 1.27 bits per heavy atom. The van der Waals surface area contributed by atoms with Crippen LogP contribution in [-0.2, 0) is 4.74 Å². The van der Waals surface area contributed by atoms with Gasteiger partial charge in [-0.05, 0) is 6.42 Å². The lowest BCUT2D eigenvalue weighted by molar-refractivity contribution is 0.242. The Labute approximate surface area is 69.3 Å². The van der Waals surface area contributed by atoms with Crippen molar-refractivity contribution in [1.82, 2.24) is 0 Å². The fourth-order valence-electron chi connectivity index (χ4n) is 0.696. The molecule has 0 bridgehead atoms. The lowest BCUT2D eigenvalue weighted by Gasteiger charge is -1.97. The van der Waals surface area contributed by atoms with Gasteiger partial charge in [0.2, 0.25) is 0 Å². The summed E-state index contributed by atoms with van der Waals surface area (Å²) in [5, 5.41) is 0. The summed E-state index contributed by atoms with van der Waals surface area (Å²) in [4.78, 5) is 0. The number of hydrogen-bond acceptors (Lipinski definition) is 1. The third-order valence-electron chi connectivity index (χ3n) is 1.23. The van der Waals surface area contributed by atoms with Crippen molar-refractivity contribution < 1.29 is 9.13 Å². The van der Waals surface area contributed by atoms with E-state index in [4.69, 9.17) is 4.74 Å². The largest absolute Gasteiger partial charge is 0.502 e. The highest BCUT2D eigenvalue weighted by Gasteiger charge is 1.84. The first-order chi connectivity index (χ1) is 5.41. The summed E-state index contributed by atoms with van der Waals surface area (Å²) in [6.45, 7) is 6.50. The molecular weight excluding hydrogens is 143 g/mol. The molecule has 0 atom stereocenters. The second kappa shape index (κ2) is 16.2. The molecule has 0 aromatic heterocycles. The third kappa shape index (κ3) is 17.7. The fraction of sp³-hybridized carbons (Fsp3) is 0.778. The van der Waals surface area contributed by atoms with Crippen LogP contribution in [-0.4, -0.2) is 13.8 Å². The minimum absolute atomic E-state index is 0.500. The van der Waals surface area contributed by atoms with E-state index in [-0.39, 0.29) is 0 Å². The van der Waals surface area contributed by atoms with Crippen LogP contribution in [0.25, 0.3) is 0 Å². The number of alkyl halides is 1. The molecule has 0 radical (unpaired) electrons. The second-order valence-corrected chi connectivity index (χ2v) is 2.10. The summed E-state index contributed by atoms with van der Waals surface area (Å²) < 4.78 is 14.4. The van der Waals surface area contributed by atoms with Gasteiger partial charge >= 0.3 is 0 Å². The van der Waals surface area contributed by atoms with Crippen LogP contribution in [0.4, 0.5) is 4.39 Å². The Balaban J connectivity index is 0. The molecule has 11 heavy (non-hydrogen) atoms. The molecule has 1 nitrogen and oxygen atoms in total. The molecule has 68 valence electrons. The Morgan fingerprint density at radius 3 is 2.36 bits per heavy atom. The standard InChI is InChI=1S/C8H16O.CH3F/c1-3-5-6-7-8-9-4-2;1-2/h4H,2-3,5-8H2,1H3;1H3. The van der Waals surface area contributed by atoms with Crippen molar-refractivity contribution in [2.75, 3.05) is 13.8 Å². The Hall–Kier alpha value is -0.530. The molecule has 0 heterocycles. The second-order valence-electron chi connectivity index (χ2n) is 2.10. The van der Waals surface area contributed by atoms with E-state index in [1.54, 1.807) is 0 Å². The van der Waals surface area contributed by atoms with Gasteiger partial charge in [0.1, 0.15) is 0 Å². The minimum atomic E-state index is 0.500. The van der Waals surface area contributed by atoms with Gasteiger partial charge < -0.3 is 4.74 Å². The van der Waals surface area contributed by atoms with E-state index in [0.29, 0.717) is 7.18 Å². The summed E-state index contributed by atoms with van der Waals surface area (Å²) in [7, 11) is 0.500. The van der Waals surface area contributed by atoms with Crippen molar-refractivity contribution in [3.05, 3.63) is 12.8 Å². The van der Waals surface area contributed by atoms with Crippen molar-refractivity contribution in [3.63, 3.8) is 0 Å². The first-order valence-corrected chi connectivity index (χ1v) is 4.02. The van der Waals surface area contributed by atoms with Crippen LogP contribution < -0.4 is 0 Å². The third-order valence-corrected chi connectivity index (χ3v) is 1.23. The zero-order chi connectivity index (χ0) is 8.95. The van der Waals surface area contributed by atoms with Gasteiger partial charge in [0.25, 0.3) is 0 Å². The Bertz CT molecular complexity index is 64.6. The van der Waals surface area contributed by atoms with Crippen LogP contribution in [0.15, 0.2) is 12.8 Å². The molecule has 0 spiro atoms. The van der Waals surface area contributed by atoms with E-state index in [2.05, 4.69) is 13.5 Å². The maximum atomic E-state index is 9.50. The van der Waals surface area contributed by atoms with Crippen molar-refractivity contribution in [3.8, 4) is 0 Å². The summed E-state index contributed by atoms with van der Waals surface area (Å²) in [6, 6.07) is 0. The molecule has 0 aromatic rings. The molecule has 0 aliphatic rings. The molecular formula is C9H19FO. The number of ether oxygens (including phenoxy) is 1. The van der Waals surface area contributed by atoms with Crippen LogP contribution in [0.1, 0.15) is 32.6 Å². The van der Waals surface area contributed by atoms with E-state index in [9.17, 15) is 4.39 Å². The quantitative estimate of drug-likeness (QED) is 0.430. The molecule has 0 saturated carbocycles. The van der Waals surface area contributed by atoms with Crippen LogP contribution in [0.5, 0.6) is 0 Å². The minimum Gasteiger partial charge on any atom is -0.502 e. The van der Waals surface area contributed by atoms with Gasteiger partial charge in [-0.3, -0.25) is 4.39 Å². The topological polar surface area (TPSA) is 9.23 Å². The van der Waals surface area contributed by atoms with Crippen molar-refractivity contribution in [1.29, 1.82) is 0 Å². The van der Waals surface area contributed by atoms with Crippen LogP contribution in [0.3, 0.4) is 0 Å². The van der Waals surface area contributed by atoms with Gasteiger partial charge in [-0.15, -0.1) is 0 Å². The fourth-order valence-corrected chi connectivity index (χ4v) is 0.696. The molecule has 0 aromatic carbocycles. The molecule has 0 aliphatic heterocycles. The van der Waals surface area contributed by atoms with Crippen LogP contribution in [0, 0.1) is 0 Å². The first kappa shape index (κ1) is 13.1. The first-order valence-electron chi connectivity index (χ1n) is 4.02. The Kier molecular flexibility index (Phi) is 19.3. The van der Waals surface area contributed by atoms with E-state index in [0.717, 1.165) is 6.61 Å². The average molecular weight is 162 g/mol. The summed E-state index contributed by atoms with van der Waals surface area (Å²) in [5.74, 6) is 0. The number of halogens is 1. The zero-order valence-corrected chi connectivity index (χ0v) is 7.61. The van der Waals surface area contributed by atoms with Gasteiger partial charge in [-0.2, -0.15) is 0 Å². The monoisotopic (exact) mass is 162 g/mol. The SMILES string of the molecule is C=COCCCCCC.CF. The molecule has 0 N–H and O–H groups in total. The molecule has 0 amide bonds. The predicted octanol–water partition coefficient (Wildman–Crippen LogP) is 3.31. The number of hydrogen-bond donors (Lipinski definition) is 0. The smallest absolute Gasteiger partial charge is 0.0873 e. The highest BCUT2D eigenvalue weighted by Crippen LogP contribution is 1.98. The number of unbranched alkanes of at least 4 members (excludes halogenated alkanes) is 3. The lowest BCUT2D eigenvalue weighted by atomic mass is 10.2. The van der Waals surface area contributed by atoms with Crippen LogP contribution in [0.2, 0.25) is 0 Å².